The lowest BCUT2D eigenvalue weighted by molar-refractivity contribution is -0.208. The van der Waals surface area contributed by atoms with Gasteiger partial charge < -0.3 is 20.6 Å². The van der Waals surface area contributed by atoms with E-state index in [-0.39, 0.29) is 34.6 Å². The molecule has 43 heavy (non-hydrogen) atoms. The van der Waals surface area contributed by atoms with Crippen LogP contribution in [0.25, 0.3) is 10.9 Å². The summed E-state index contributed by atoms with van der Waals surface area (Å²) >= 11 is 11.9. The molecule has 0 bridgehead atoms. The number of hydrogen-bond acceptors (Lipinski definition) is 6. The molecule has 19 heteroatoms. The molecule has 0 unspecified atom stereocenters. The van der Waals surface area contributed by atoms with Crippen LogP contribution < -0.4 is 10.6 Å². The molecule has 0 saturated carbocycles. The Labute approximate surface area is 246 Å². The number of piperidine rings is 1. The van der Waals surface area contributed by atoms with E-state index < -0.39 is 78.3 Å². The highest BCUT2D eigenvalue weighted by Crippen LogP contribution is 2.35. The highest BCUT2D eigenvalue weighted by Gasteiger charge is 2.39. The van der Waals surface area contributed by atoms with E-state index in [1.807, 2.05) is 0 Å². The fourth-order valence-electron chi connectivity index (χ4n) is 4.50. The Morgan fingerprint density at radius 3 is 2.37 bits per heavy atom. The van der Waals surface area contributed by atoms with Crippen molar-refractivity contribution in [3.05, 3.63) is 51.9 Å². The van der Waals surface area contributed by atoms with Gasteiger partial charge in [-0.3, -0.25) is 14.3 Å². The number of aliphatic hydroxyl groups is 1. The van der Waals surface area contributed by atoms with Gasteiger partial charge in [0.25, 0.3) is 11.8 Å². The van der Waals surface area contributed by atoms with E-state index in [1.54, 1.807) is 0 Å². The SMILES string of the molecule is O=C(N[C@H]1C[C@@H](Nc2cc(C(F)(F)F)nc3ccc(Cl)cc23)CN(C(=O)C(F)F)C1)c1cn(C[C@H](O)C(F)(F)F)nc1Cl. The number of fused-ring (bicyclic) bond motifs is 1. The summed E-state index contributed by atoms with van der Waals surface area (Å²) in [6.45, 7) is -1.88. The van der Waals surface area contributed by atoms with Gasteiger partial charge >= 0.3 is 18.8 Å². The minimum atomic E-state index is -4.97. The first-order chi connectivity index (χ1) is 19.9. The summed E-state index contributed by atoms with van der Waals surface area (Å²) in [5.74, 6) is -2.59. The summed E-state index contributed by atoms with van der Waals surface area (Å²) in [7, 11) is 0. The van der Waals surface area contributed by atoms with Crippen molar-refractivity contribution in [2.45, 2.75) is 49.9 Å². The van der Waals surface area contributed by atoms with E-state index in [0.717, 1.165) is 6.20 Å². The third-order valence-corrected chi connectivity index (χ3v) is 6.92. The number of nitrogens with zero attached hydrogens (tertiary/aromatic N) is 4. The van der Waals surface area contributed by atoms with E-state index in [0.29, 0.717) is 15.6 Å². The molecule has 0 radical (unpaired) electrons. The lowest BCUT2D eigenvalue weighted by atomic mass is 9.99. The summed E-state index contributed by atoms with van der Waals surface area (Å²) in [6.07, 6.45) is -15.3. The number of pyridine rings is 1. The van der Waals surface area contributed by atoms with Gasteiger partial charge in [0.1, 0.15) is 5.69 Å². The maximum atomic E-state index is 13.6. The smallest absolute Gasteiger partial charge is 0.382 e. The molecule has 1 aliphatic rings. The molecule has 9 nitrogen and oxygen atoms in total. The molecule has 234 valence electrons. The Bertz CT molecular complexity index is 1520. The summed E-state index contributed by atoms with van der Waals surface area (Å²) in [5, 5.41) is 17.9. The first-order valence-corrected chi connectivity index (χ1v) is 13.0. The molecule has 0 aliphatic carbocycles. The van der Waals surface area contributed by atoms with Crippen molar-refractivity contribution < 1.29 is 49.8 Å². The largest absolute Gasteiger partial charge is 0.433 e. The molecule has 3 N–H and O–H groups in total. The Balaban J connectivity index is 1.60. The van der Waals surface area contributed by atoms with Crippen molar-refractivity contribution in [1.82, 2.24) is 25.0 Å². The number of carbonyl (C=O) groups is 2. The predicted molar refractivity (Wildman–Crippen MR) is 137 cm³/mol. The number of anilines is 1. The van der Waals surface area contributed by atoms with Gasteiger partial charge in [0.15, 0.2) is 11.3 Å². The number of nitrogens with one attached hydrogen (secondary N) is 2. The van der Waals surface area contributed by atoms with Crippen molar-refractivity contribution in [3.63, 3.8) is 0 Å². The molecule has 3 heterocycles. The average Bonchev–Trinajstić information content (AvgIpc) is 3.26. The number of benzene rings is 1. The predicted octanol–water partition coefficient (Wildman–Crippen LogP) is 4.76. The van der Waals surface area contributed by atoms with Gasteiger partial charge in [-0.25, -0.2) is 4.98 Å². The molecular formula is C24H20Cl2F8N6O3. The molecule has 2 aromatic heterocycles. The number of alkyl halides is 8. The van der Waals surface area contributed by atoms with Crippen LogP contribution in [0.4, 0.5) is 40.8 Å². The minimum absolute atomic E-state index is 0.0785. The van der Waals surface area contributed by atoms with Crippen LogP contribution in [0.2, 0.25) is 10.2 Å². The number of halogens is 10. The van der Waals surface area contributed by atoms with Crippen molar-refractivity contribution in [2.24, 2.45) is 0 Å². The van der Waals surface area contributed by atoms with Crippen molar-refractivity contribution in [3.8, 4) is 0 Å². The maximum absolute atomic E-state index is 13.6. The number of rotatable bonds is 7. The van der Waals surface area contributed by atoms with E-state index in [1.165, 1.54) is 18.2 Å². The number of aliphatic hydroxyl groups excluding tert-OH is 1. The second kappa shape index (κ2) is 12.3. The first-order valence-electron chi connectivity index (χ1n) is 12.2. The Kier molecular flexibility index (Phi) is 9.27. The minimum Gasteiger partial charge on any atom is -0.382 e. The fourth-order valence-corrected chi connectivity index (χ4v) is 4.90. The van der Waals surface area contributed by atoms with Crippen LogP contribution in [0, 0.1) is 0 Å². The molecule has 4 rings (SSSR count). The molecule has 1 fully saturated rings. The zero-order valence-electron chi connectivity index (χ0n) is 21.4. The second-order valence-corrected chi connectivity index (χ2v) is 10.4. The number of aromatic nitrogens is 3. The average molecular weight is 663 g/mol. The van der Waals surface area contributed by atoms with Crippen LogP contribution in [0.1, 0.15) is 22.5 Å². The Morgan fingerprint density at radius 2 is 1.74 bits per heavy atom. The molecule has 3 aromatic rings. The Hall–Kier alpha value is -3.44. The zero-order valence-corrected chi connectivity index (χ0v) is 22.9. The summed E-state index contributed by atoms with van der Waals surface area (Å²) < 4.78 is 106. The van der Waals surface area contributed by atoms with Crippen molar-refractivity contribution >= 4 is 51.6 Å². The van der Waals surface area contributed by atoms with E-state index >= 15 is 0 Å². The second-order valence-electron chi connectivity index (χ2n) is 9.62. The summed E-state index contributed by atoms with van der Waals surface area (Å²) in [5.41, 5.74) is -1.87. The Morgan fingerprint density at radius 1 is 1.07 bits per heavy atom. The lowest BCUT2D eigenvalue weighted by Gasteiger charge is -2.38. The standard InChI is InChI=1S/C24H20Cl2F8N6O3/c25-10-1-2-15-13(3-10)16(5-17(37-15)23(29,30)31)35-11-4-12(7-39(6-11)22(43)20(27)28)36-21(42)14-8-40(38-19(14)26)9-18(41)24(32,33)34/h1-3,5,8,11-12,18,20,41H,4,6-7,9H2,(H,35,37)(H,36,42)/t11-,12+,18+/m1/s1. The molecule has 1 aliphatic heterocycles. The fraction of sp³-hybridized carbons (Fsp3) is 0.417. The van der Waals surface area contributed by atoms with Crippen LogP contribution >= 0.6 is 23.2 Å². The molecule has 3 atom stereocenters. The van der Waals surface area contributed by atoms with Crippen molar-refractivity contribution in [2.75, 3.05) is 18.4 Å². The quantitative estimate of drug-likeness (QED) is 0.315. The van der Waals surface area contributed by atoms with Crippen molar-refractivity contribution in [1.29, 1.82) is 0 Å². The highest BCUT2D eigenvalue weighted by molar-refractivity contribution is 6.32. The van der Waals surface area contributed by atoms with Gasteiger partial charge in [0, 0.05) is 47.5 Å². The van der Waals surface area contributed by atoms with Gasteiger partial charge in [-0.15, -0.1) is 0 Å². The maximum Gasteiger partial charge on any atom is 0.433 e. The summed E-state index contributed by atoms with van der Waals surface area (Å²) in [6, 6.07) is 2.57. The zero-order chi connectivity index (χ0) is 31.9. The van der Waals surface area contributed by atoms with Crippen LogP contribution in [-0.4, -0.2) is 80.5 Å². The molecule has 0 spiro atoms. The highest BCUT2D eigenvalue weighted by atomic mass is 35.5. The van der Waals surface area contributed by atoms with Gasteiger partial charge in [0.2, 0.25) is 0 Å². The monoisotopic (exact) mass is 662 g/mol. The van der Waals surface area contributed by atoms with E-state index in [4.69, 9.17) is 23.2 Å². The first kappa shape index (κ1) is 32.5. The molecular weight excluding hydrogens is 643 g/mol. The van der Waals surface area contributed by atoms with Crippen LogP contribution in [0.15, 0.2) is 30.5 Å². The number of carbonyl (C=O) groups excluding carboxylic acids is 2. The van der Waals surface area contributed by atoms with Crippen LogP contribution in [0.5, 0.6) is 0 Å². The van der Waals surface area contributed by atoms with Gasteiger partial charge in [-0.05, 0) is 30.7 Å². The number of amides is 2. The van der Waals surface area contributed by atoms with Crippen LogP contribution in [0.3, 0.4) is 0 Å². The van der Waals surface area contributed by atoms with E-state index in [2.05, 4.69) is 20.7 Å². The number of hydrogen-bond donors (Lipinski definition) is 3. The van der Waals surface area contributed by atoms with Gasteiger partial charge in [0.05, 0.1) is 17.6 Å². The molecule has 2 amide bonds. The summed E-state index contributed by atoms with van der Waals surface area (Å²) in [4.78, 5) is 29.4. The molecule has 1 aromatic carbocycles. The van der Waals surface area contributed by atoms with Crippen LogP contribution in [-0.2, 0) is 17.5 Å². The van der Waals surface area contributed by atoms with Gasteiger partial charge in [-0.1, -0.05) is 23.2 Å². The number of likely N-dealkylation sites (tertiary alicyclic amines) is 1. The van der Waals surface area contributed by atoms with Gasteiger partial charge in [-0.2, -0.15) is 40.2 Å². The topological polar surface area (TPSA) is 112 Å². The normalized spacial score (nSPS) is 18.7. The van der Waals surface area contributed by atoms with E-state index in [9.17, 15) is 49.8 Å². The third kappa shape index (κ3) is 7.75. The molecule has 1 saturated heterocycles. The lowest BCUT2D eigenvalue weighted by Crippen LogP contribution is -2.57. The third-order valence-electron chi connectivity index (χ3n) is 6.40.